The van der Waals surface area contributed by atoms with Crippen LogP contribution in [0.25, 0.3) is 10.8 Å². The summed E-state index contributed by atoms with van der Waals surface area (Å²) in [7, 11) is 1.55. The molecule has 0 saturated carbocycles. The highest BCUT2D eigenvalue weighted by molar-refractivity contribution is 5.83. The second kappa shape index (κ2) is 5.66. The van der Waals surface area contributed by atoms with E-state index in [9.17, 15) is 5.11 Å². The summed E-state index contributed by atoms with van der Waals surface area (Å²) in [5.74, 6) is 0.763. The zero-order valence-electron chi connectivity index (χ0n) is 9.80. The summed E-state index contributed by atoms with van der Waals surface area (Å²) in [5.41, 5.74) is 0. The number of hydrogen-bond donors (Lipinski definition) is 1. The number of aliphatic hydroxyl groups excluding tert-OH is 1. The van der Waals surface area contributed by atoms with Gasteiger partial charge in [0.1, 0.15) is 18.5 Å². The van der Waals surface area contributed by atoms with Gasteiger partial charge in [0.15, 0.2) is 0 Å². The Labute approximate surface area is 101 Å². The Hall–Kier alpha value is -1.58. The first-order chi connectivity index (χ1) is 8.29. The highest BCUT2D eigenvalue weighted by atomic mass is 16.5. The fourth-order valence-electron chi connectivity index (χ4n) is 1.69. The second-order valence-corrected chi connectivity index (χ2v) is 3.93. The normalized spacial score (nSPS) is 12.6. The molecule has 2 rings (SSSR count). The molecule has 3 nitrogen and oxygen atoms in total. The zero-order valence-corrected chi connectivity index (χ0v) is 9.80. The Kier molecular flexibility index (Phi) is 3.96. The molecular weight excluding hydrogens is 216 g/mol. The lowest BCUT2D eigenvalue weighted by Crippen LogP contribution is -2.22. The van der Waals surface area contributed by atoms with Gasteiger partial charge in [0, 0.05) is 7.11 Å². The van der Waals surface area contributed by atoms with Gasteiger partial charge in [0.2, 0.25) is 0 Å². The molecule has 1 N–H and O–H groups in total. The first-order valence-corrected chi connectivity index (χ1v) is 5.58. The summed E-state index contributed by atoms with van der Waals surface area (Å²) in [6.45, 7) is 0.528. The van der Waals surface area contributed by atoms with E-state index in [2.05, 4.69) is 6.07 Å². The summed E-state index contributed by atoms with van der Waals surface area (Å²) < 4.78 is 10.3. The van der Waals surface area contributed by atoms with Crippen molar-refractivity contribution in [3.05, 3.63) is 42.5 Å². The van der Waals surface area contributed by atoms with E-state index < -0.39 is 6.10 Å². The fourth-order valence-corrected chi connectivity index (χ4v) is 1.69. The van der Waals surface area contributed by atoms with E-state index in [-0.39, 0.29) is 13.2 Å². The summed E-state index contributed by atoms with van der Waals surface area (Å²) in [5, 5.41) is 11.8. The average Bonchev–Trinajstić information content (AvgIpc) is 2.36. The predicted octanol–water partition coefficient (Wildman–Crippen LogP) is 2.23. The van der Waals surface area contributed by atoms with E-state index in [0.29, 0.717) is 0 Å². The quantitative estimate of drug-likeness (QED) is 0.859. The van der Waals surface area contributed by atoms with E-state index in [1.807, 2.05) is 36.4 Å². The lowest BCUT2D eigenvalue weighted by molar-refractivity contribution is 0.0326. The van der Waals surface area contributed by atoms with Gasteiger partial charge in [-0.2, -0.15) is 0 Å². The third-order valence-electron chi connectivity index (χ3n) is 2.52. The number of fused-ring (bicyclic) bond motifs is 1. The molecule has 0 aromatic heterocycles. The predicted molar refractivity (Wildman–Crippen MR) is 67.3 cm³/mol. The summed E-state index contributed by atoms with van der Waals surface area (Å²) in [6, 6.07) is 14.0. The van der Waals surface area contributed by atoms with Crippen molar-refractivity contribution in [1.82, 2.24) is 0 Å². The SMILES string of the molecule is COCC(O)COc1ccc2ccccc2c1. The first kappa shape index (κ1) is 11.9. The van der Waals surface area contributed by atoms with Crippen molar-refractivity contribution in [3.8, 4) is 5.75 Å². The van der Waals surface area contributed by atoms with Crippen LogP contribution in [0.4, 0.5) is 0 Å². The Balaban J connectivity index is 2.04. The third kappa shape index (κ3) is 3.19. The standard InChI is InChI=1S/C14H16O3/c1-16-9-13(15)10-17-14-7-6-11-4-2-3-5-12(11)8-14/h2-8,13,15H,9-10H2,1H3. The van der Waals surface area contributed by atoms with Gasteiger partial charge in [-0.3, -0.25) is 0 Å². The monoisotopic (exact) mass is 232 g/mol. The van der Waals surface area contributed by atoms with Crippen LogP contribution in [0.2, 0.25) is 0 Å². The molecule has 0 amide bonds. The maximum atomic E-state index is 9.47. The minimum atomic E-state index is -0.591. The maximum absolute atomic E-state index is 9.47. The minimum absolute atomic E-state index is 0.242. The molecule has 0 aliphatic carbocycles. The van der Waals surface area contributed by atoms with Gasteiger partial charge in [-0.1, -0.05) is 30.3 Å². The van der Waals surface area contributed by atoms with Gasteiger partial charge in [0.25, 0.3) is 0 Å². The molecule has 0 spiro atoms. The number of aliphatic hydroxyl groups is 1. The van der Waals surface area contributed by atoms with Crippen LogP contribution in [-0.4, -0.2) is 31.5 Å². The van der Waals surface area contributed by atoms with Crippen LogP contribution < -0.4 is 4.74 Å². The van der Waals surface area contributed by atoms with Gasteiger partial charge in [-0.25, -0.2) is 0 Å². The highest BCUT2D eigenvalue weighted by Crippen LogP contribution is 2.20. The molecule has 0 bridgehead atoms. The number of ether oxygens (including phenoxy) is 2. The van der Waals surface area contributed by atoms with Crippen LogP contribution >= 0.6 is 0 Å². The number of hydrogen-bond acceptors (Lipinski definition) is 3. The largest absolute Gasteiger partial charge is 0.491 e. The smallest absolute Gasteiger partial charge is 0.120 e. The molecule has 0 aliphatic rings. The lowest BCUT2D eigenvalue weighted by Gasteiger charge is -2.11. The summed E-state index contributed by atoms with van der Waals surface area (Å²) >= 11 is 0. The molecule has 17 heavy (non-hydrogen) atoms. The average molecular weight is 232 g/mol. The molecule has 0 saturated heterocycles. The fraction of sp³-hybridized carbons (Fsp3) is 0.286. The van der Waals surface area contributed by atoms with Gasteiger partial charge in [0.05, 0.1) is 6.61 Å². The second-order valence-electron chi connectivity index (χ2n) is 3.93. The molecule has 3 heteroatoms. The van der Waals surface area contributed by atoms with Crippen molar-refractivity contribution in [2.75, 3.05) is 20.3 Å². The van der Waals surface area contributed by atoms with Crippen LogP contribution in [0.15, 0.2) is 42.5 Å². The van der Waals surface area contributed by atoms with Crippen LogP contribution in [-0.2, 0) is 4.74 Å². The van der Waals surface area contributed by atoms with Crippen molar-refractivity contribution in [2.45, 2.75) is 6.10 Å². The minimum Gasteiger partial charge on any atom is -0.491 e. The Morgan fingerprint density at radius 2 is 1.82 bits per heavy atom. The number of benzene rings is 2. The van der Waals surface area contributed by atoms with Crippen LogP contribution in [0.3, 0.4) is 0 Å². The summed E-state index contributed by atoms with van der Waals surface area (Å²) in [6.07, 6.45) is -0.591. The van der Waals surface area contributed by atoms with E-state index >= 15 is 0 Å². The molecule has 0 aliphatic heterocycles. The van der Waals surface area contributed by atoms with Crippen LogP contribution in [0.1, 0.15) is 0 Å². The molecule has 0 radical (unpaired) electrons. The van der Waals surface area contributed by atoms with Crippen LogP contribution in [0, 0.1) is 0 Å². The molecule has 2 aromatic carbocycles. The molecule has 90 valence electrons. The van der Waals surface area contributed by atoms with Crippen molar-refractivity contribution in [2.24, 2.45) is 0 Å². The first-order valence-electron chi connectivity index (χ1n) is 5.58. The molecule has 2 aromatic rings. The summed E-state index contributed by atoms with van der Waals surface area (Å²) in [4.78, 5) is 0. The van der Waals surface area contributed by atoms with Gasteiger partial charge < -0.3 is 14.6 Å². The lowest BCUT2D eigenvalue weighted by atomic mass is 10.1. The third-order valence-corrected chi connectivity index (χ3v) is 2.52. The topological polar surface area (TPSA) is 38.7 Å². The number of rotatable bonds is 5. The van der Waals surface area contributed by atoms with Crippen molar-refractivity contribution < 1.29 is 14.6 Å². The van der Waals surface area contributed by atoms with E-state index in [1.165, 1.54) is 5.39 Å². The molecular formula is C14H16O3. The van der Waals surface area contributed by atoms with Crippen molar-refractivity contribution >= 4 is 10.8 Å². The van der Waals surface area contributed by atoms with E-state index in [0.717, 1.165) is 11.1 Å². The Bertz CT molecular complexity index is 482. The Morgan fingerprint density at radius 3 is 2.59 bits per heavy atom. The van der Waals surface area contributed by atoms with Gasteiger partial charge in [-0.05, 0) is 22.9 Å². The zero-order chi connectivity index (χ0) is 12.1. The van der Waals surface area contributed by atoms with Crippen molar-refractivity contribution in [3.63, 3.8) is 0 Å². The number of methoxy groups -OCH3 is 1. The van der Waals surface area contributed by atoms with Crippen LogP contribution in [0.5, 0.6) is 5.75 Å². The highest BCUT2D eigenvalue weighted by Gasteiger charge is 2.04. The Morgan fingerprint density at radius 1 is 1.06 bits per heavy atom. The van der Waals surface area contributed by atoms with Gasteiger partial charge in [-0.15, -0.1) is 0 Å². The molecule has 1 unspecified atom stereocenters. The maximum Gasteiger partial charge on any atom is 0.120 e. The van der Waals surface area contributed by atoms with Crippen molar-refractivity contribution in [1.29, 1.82) is 0 Å². The molecule has 1 atom stereocenters. The van der Waals surface area contributed by atoms with E-state index in [1.54, 1.807) is 7.11 Å². The van der Waals surface area contributed by atoms with E-state index in [4.69, 9.17) is 9.47 Å². The molecule has 0 fully saturated rings. The van der Waals surface area contributed by atoms with Gasteiger partial charge >= 0.3 is 0 Å². The molecule has 0 heterocycles.